The van der Waals surface area contributed by atoms with E-state index in [1.807, 2.05) is 6.07 Å². The van der Waals surface area contributed by atoms with Crippen LogP contribution in [0.3, 0.4) is 0 Å². The number of benzene rings is 2. The van der Waals surface area contributed by atoms with Gasteiger partial charge in [-0.1, -0.05) is 37.8 Å². The summed E-state index contributed by atoms with van der Waals surface area (Å²) in [6.07, 6.45) is 3.27. The summed E-state index contributed by atoms with van der Waals surface area (Å²) < 4.78 is 26.8. The van der Waals surface area contributed by atoms with Crippen LogP contribution in [0.4, 0.5) is 5.69 Å². The average Bonchev–Trinajstić information content (AvgIpc) is 2.56. The van der Waals surface area contributed by atoms with Gasteiger partial charge >= 0.3 is 0 Å². The molecule has 0 radical (unpaired) electrons. The highest BCUT2D eigenvalue weighted by atomic mass is 32.2. The van der Waals surface area contributed by atoms with E-state index in [2.05, 4.69) is 0 Å². The van der Waals surface area contributed by atoms with E-state index in [9.17, 15) is 18.8 Å². The van der Waals surface area contributed by atoms with E-state index in [1.54, 1.807) is 30.4 Å². The van der Waals surface area contributed by atoms with Gasteiger partial charge in [0.05, 0.1) is 22.7 Å². The monoisotopic (exact) mass is 328 g/mol. The Kier molecular flexibility index (Phi) is 4.43. The molecule has 2 aromatic carbocycles. The van der Waals surface area contributed by atoms with Crippen molar-refractivity contribution < 1.29 is 13.5 Å². The maximum atomic E-state index is 12.8. The minimum absolute atomic E-state index is 0. The van der Waals surface area contributed by atoms with Crippen molar-refractivity contribution in [2.75, 3.05) is 10.8 Å². The number of aromatic hydroxyl groups is 1. The molecule has 5 nitrogen and oxygen atoms in total. The van der Waals surface area contributed by atoms with Gasteiger partial charge in [-0.15, -0.1) is 0 Å². The molecule has 0 bridgehead atoms. The largest absolute Gasteiger partial charge is 0.507 e. The SMILES string of the molecule is C.N#Cc1ccc(O)c2c1N(S(=O)(=O)c1ccccc1)CC=C2. The highest BCUT2D eigenvalue weighted by Crippen LogP contribution is 2.38. The summed E-state index contributed by atoms with van der Waals surface area (Å²) in [5.74, 6) is -0.0572. The molecule has 0 saturated carbocycles. The molecule has 0 aromatic heterocycles. The Morgan fingerprint density at radius 2 is 1.83 bits per heavy atom. The molecule has 6 heteroatoms. The highest BCUT2D eigenvalue weighted by molar-refractivity contribution is 7.92. The first-order chi connectivity index (χ1) is 10.6. The van der Waals surface area contributed by atoms with Crippen molar-refractivity contribution in [3.63, 3.8) is 0 Å². The van der Waals surface area contributed by atoms with Gasteiger partial charge in [-0.3, -0.25) is 4.31 Å². The van der Waals surface area contributed by atoms with E-state index in [0.717, 1.165) is 4.31 Å². The normalized spacial score (nSPS) is 12.9. The van der Waals surface area contributed by atoms with Crippen LogP contribution in [-0.4, -0.2) is 20.1 Å². The van der Waals surface area contributed by atoms with Crippen LogP contribution in [0.25, 0.3) is 6.08 Å². The minimum atomic E-state index is -3.80. The summed E-state index contributed by atoms with van der Waals surface area (Å²) >= 11 is 0. The van der Waals surface area contributed by atoms with E-state index in [1.165, 1.54) is 24.3 Å². The smallest absolute Gasteiger partial charge is 0.264 e. The second-order valence-electron chi connectivity index (χ2n) is 4.76. The van der Waals surface area contributed by atoms with Crippen molar-refractivity contribution in [3.05, 3.63) is 59.7 Å². The molecular formula is C17H16N2O3S. The van der Waals surface area contributed by atoms with Gasteiger partial charge in [-0.25, -0.2) is 8.42 Å². The van der Waals surface area contributed by atoms with E-state index in [4.69, 9.17) is 0 Å². The van der Waals surface area contributed by atoms with Crippen molar-refractivity contribution >= 4 is 21.8 Å². The van der Waals surface area contributed by atoms with Crippen LogP contribution in [0.5, 0.6) is 5.75 Å². The van der Waals surface area contributed by atoms with Gasteiger partial charge in [0, 0.05) is 5.56 Å². The molecule has 0 saturated heterocycles. The van der Waals surface area contributed by atoms with Crippen LogP contribution in [0.1, 0.15) is 18.6 Å². The third kappa shape index (κ3) is 2.67. The molecule has 2 aromatic rings. The lowest BCUT2D eigenvalue weighted by molar-refractivity contribution is 0.474. The molecule has 0 amide bonds. The summed E-state index contributed by atoms with van der Waals surface area (Å²) in [6, 6.07) is 12.8. The van der Waals surface area contributed by atoms with Gasteiger partial charge in [0.1, 0.15) is 11.8 Å². The number of phenols is 1. The van der Waals surface area contributed by atoms with E-state index in [-0.39, 0.29) is 35.9 Å². The quantitative estimate of drug-likeness (QED) is 0.918. The fourth-order valence-electron chi connectivity index (χ4n) is 2.42. The van der Waals surface area contributed by atoms with Crippen molar-refractivity contribution in [3.8, 4) is 11.8 Å². The number of rotatable bonds is 2. The predicted molar refractivity (Wildman–Crippen MR) is 89.6 cm³/mol. The molecule has 23 heavy (non-hydrogen) atoms. The lowest BCUT2D eigenvalue weighted by Crippen LogP contribution is -2.33. The van der Waals surface area contributed by atoms with Crippen LogP contribution in [0.15, 0.2) is 53.4 Å². The highest BCUT2D eigenvalue weighted by Gasteiger charge is 2.30. The van der Waals surface area contributed by atoms with Crippen molar-refractivity contribution in [2.24, 2.45) is 0 Å². The second-order valence-corrected chi connectivity index (χ2v) is 6.62. The molecule has 1 aliphatic rings. The standard InChI is InChI=1S/C16H12N2O3S.CH4/c17-11-12-8-9-15(19)14-7-4-10-18(16(12)14)22(20,21)13-5-2-1-3-6-13;/h1-9,19H,10H2;1H4. The maximum absolute atomic E-state index is 12.8. The third-order valence-corrected chi connectivity index (χ3v) is 5.23. The van der Waals surface area contributed by atoms with E-state index >= 15 is 0 Å². The first kappa shape index (κ1) is 16.6. The summed E-state index contributed by atoms with van der Waals surface area (Å²) in [5, 5.41) is 19.2. The van der Waals surface area contributed by atoms with Gasteiger partial charge in [-0.2, -0.15) is 5.26 Å². The van der Waals surface area contributed by atoms with Crippen molar-refractivity contribution in [2.45, 2.75) is 12.3 Å². The molecule has 118 valence electrons. The topological polar surface area (TPSA) is 81.4 Å². The fourth-order valence-corrected chi connectivity index (χ4v) is 3.89. The molecule has 0 aliphatic carbocycles. The fraction of sp³-hybridized carbons (Fsp3) is 0.118. The van der Waals surface area contributed by atoms with Gasteiger partial charge in [-0.05, 0) is 24.3 Å². The zero-order valence-corrected chi connectivity index (χ0v) is 12.3. The number of anilines is 1. The molecule has 1 N–H and O–H groups in total. The Labute approximate surface area is 135 Å². The number of fused-ring (bicyclic) bond motifs is 1. The van der Waals surface area contributed by atoms with Gasteiger partial charge < -0.3 is 5.11 Å². The third-order valence-electron chi connectivity index (χ3n) is 3.45. The number of nitriles is 1. The van der Waals surface area contributed by atoms with Crippen LogP contribution < -0.4 is 4.31 Å². The van der Waals surface area contributed by atoms with Gasteiger partial charge in [0.25, 0.3) is 10.0 Å². The Hall–Kier alpha value is -2.78. The summed E-state index contributed by atoms with van der Waals surface area (Å²) in [6.45, 7) is 0.113. The maximum Gasteiger partial charge on any atom is 0.264 e. The molecule has 3 rings (SSSR count). The Morgan fingerprint density at radius 1 is 1.13 bits per heavy atom. The molecule has 0 atom stereocenters. The number of sulfonamides is 1. The number of nitrogens with zero attached hydrogens (tertiary/aromatic N) is 2. The molecule has 0 fully saturated rings. The summed E-state index contributed by atoms with van der Waals surface area (Å²) in [5.41, 5.74) is 0.760. The van der Waals surface area contributed by atoms with Crippen LogP contribution >= 0.6 is 0 Å². The second kappa shape index (κ2) is 6.15. The van der Waals surface area contributed by atoms with Crippen LogP contribution in [0.2, 0.25) is 0 Å². The number of phenolic OH excluding ortho intramolecular Hbond substituents is 1. The zero-order chi connectivity index (χ0) is 15.7. The average molecular weight is 328 g/mol. The lowest BCUT2D eigenvalue weighted by Gasteiger charge is -2.28. The Balaban J connectivity index is 0.00000192. The first-order valence-electron chi connectivity index (χ1n) is 6.56. The number of hydrogen-bond acceptors (Lipinski definition) is 4. The van der Waals surface area contributed by atoms with Gasteiger partial charge in [0.15, 0.2) is 0 Å². The number of hydrogen-bond donors (Lipinski definition) is 1. The summed E-state index contributed by atoms with van der Waals surface area (Å²) in [4.78, 5) is 0.142. The van der Waals surface area contributed by atoms with Crippen LogP contribution in [0, 0.1) is 11.3 Å². The molecular weight excluding hydrogens is 312 g/mol. The minimum Gasteiger partial charge on any atom is -0.507 e. The van der Waals surface area contributed by atoms with E-state index in [0.29, 0.717) is 5.56 Å². The molecule has 0 spiro atoms. The van der Waals surface area contributed by atoms with Gasteiger partial charge in [0.2, 0.25) is 0 Å². The molecule has 0 unspecified atom stereocenters. The Morgan fingerprint density at radius 3 is 2.48 bits per heavy atom. The molecule has 1 heterocycles. The Bertz CT molecular complexity index is 897. The lowest BCUT2D eigenvalue weighted by atomic mass is 10.0. The van der Waals surface area contributed by atoms with Crippen molar-refractivity contribution in [1.29, 1.82) is 5.26 Å². The summed E-state index contributed by atoms with van der Waals surface area (Å²) in [7, 11) is -3.80. The van der Waals surface area contributed by atoms with E-state index < -0.39 is 10.0 Å². The van der Waals surface area contributed by atoms with Crippen molar-refractivity contribution in [1.82, 2.24) is 0 Å². The first-order valence-corrected chi connectivity index (χ1v) is 8.00. The zero-order valence-electron chi connectivity index (χ0n) is 11.5. The molecule has 1 aliphatic heterocycles. The van der Waals surface area contributed by atoms with Crippen LogP contribution in [-0.2, 0) is 10.0 Å². The predicted octanol–water partition coefficient (Wildman–Crippen LogP) is 3.12.